The number of rotatable bonds is 11. The number of thioether (sulfide) groups is 1. The first-order valence-electron chi connectivity index (χ1n) is 11.2. The average molecular weight is 498 g/mol. The number of hydrogen-bond acceptors (Lipinski definition) is 8. The Labute approximate surface area is 207 Å². The molecule has 1 saturated heterocycles. The molecule has 1 atom stereocenters. The highest BCUT2D eigenvalue weighted by atomic mass is 32.2. The maximum Gasteiger partial charge on any atom is 0.408 e. The Morgan fingerprint density at radius 3 is 2.71 bits per heavy atom. The number of ether oxygens (including phenoxy) is 1. The Morgan fingerprint density at radius 1 is 1.23 bits per heavy atom. The van der Waals surface area contributed by atoms with E-state index >= 15 is 0 Å². The highest BCUT2D eigenvalue weighted by molar-refractivity contribution is 7.99. The largest absolute Gasteiger partial charge is 0.445 e. The fraction of sp³-hybridized carbons (Fsp3) is 0.375. The van der Waals surface area contributed by atoms with Gasteiger partial charge >= 0.3 is 6.09 Å². The number of amides is 2. The molecule has 1 heterocycles. The van der Waals surface area contributed by atoms with Crippen LogP contribution in [0.3, 0.4) is 0 Å². The lowest BCUT2D eigenvalue weighted by Gasteiger charge is -2.23. The van der Waals surface area contributed by atoms with Crippen LogP contribution in [0.1, 0.15) is 30.4 Å². The molecule has 2 aromatic carbocycles. The summed E-state index contributed by atoms with van der Waals surface area (Å²) in [7, 11) is 0. The lowest BCUT2D eigenvalue weighted by Crippen LogP contribution is -2.47. The Hall–Kier alpha value is -3.78. The van der Waals surface area contributed by atoms with Crippen molar-refractivity contribution in [2.45, 2.75) is 31.9 Å². The normalized spacial score (nSPS) is 13.5. The first-order valence-corrected chi connectivity index (χ1v) is 12.4. The molecule has 3 rings (SSSR count). The lowest BCUT2D eigenvalue weighted by atomic mass is 10.1. The third-order valence-electron chi connectivity index (χ3n) is 5.43. The summed E-state index contributed by atoms with van der Waals surface area (Å²) in [5.41, 5.74) is 1.24. The van der Waals surface area contributed by atoms with Crippen molar-refractivity contribution in [1.29, 1.82) is 5.26 Å². The van der Waals surface area contributed by atoms with Gasteiger partial charge in [0.05, 0.1) is 22.4 Å². The second-order valence-corrected chi connectivity index (χ2v) is 9.00. The number of alkyl carbamates (subject to hydrolysis) is 1. The van der Waals surface area contributed by atoms with Gasteiger partial charge in [0.15, 0.2) is 0 Å². The molecule has 1 aliphatic heterocycles. The third-order valence-corrected chi connectivity index (χ3v) is 6.39. The molecule has 11 heteroatoms. The zero-order valence-corrected chi connectivity index (χ0v) is 20.0. The number of carbonyl (C=O) groups excluding carboxylic acids is 2. The van der Waals surface area contributed by atoms with Crippen LogP contribution in [-0.4, -0.2) is 52.6 Å². The van der Waals surface area contributed by atoms with E-state index in [2.05, 4.69) is 10.6 Å². The summed E-state index contributed by atoms with van der Waals surface area (Å²) >= 11 is 1.67. The van der Waals surface area contributed by atoms with Crippen molar-refractivity contribution in [3.8, 4) is 6.07 Å². The Morgan fingerprint density at radius 2 is 2.03 bits per heavy atom. The first kappa shape index (κ1) is 25.8. The van der Waals surface area contributed by atoms with E-state index in [1.807, 2.05) is 36.4 Å². The molecule has 1 unspecified atom stereocenters. The predicted molar refractivity (Wildman–Crippen MR) is 133 cm³/mol. The Bertz CT molecular complexity index is 1070. The number of hydrogen-bond donors (Lipinski definition) is 2. The van der Waals surface area contributed by atoms with Gasteiger partial charge in [-0.15, -0.1) is 11.8 Å². The summed E-state index contributed by atoms with van der Waals surface area (Å²) in [5, 5.41) is 26.0. The van der Waals surface area contributed by atoms with E-state index in [4.69, 9.17) is 10.00 Å². The lowest BCUT2D eigenvalue weighted by molar-refractivity contribution is -0.384. The third kappa shape index (κ3) is 7.89. The molecular weight excluding hydrogens is 470 g/mol. The number of anilines is 1. The van der Waals surface area contributed by atoms with Crippen LogP contribution in [0, 0.1) is 21.4 Å². The van der Waals surface area contributed by atoms with Crippen molar-refractivity contribution in [2.24, 2.45) is 0 Å². The molecule has 0 spiro atoms. The number of carbonyl (C=O) groups is 2. The molecule has 10 nitrogen and oxygen atoms in total. The van der Waals surface area contributed by atoms with Crippen LogP contribution in [-0.2, 0) is 16.1 Å². The molecule has 184 valence electrons. The molecule has 2 N–H and O–H groups in total. The van der Waals surface area contributed by atoms with Crippen LogP contribution in [0.4, 0.5) is 16.2 Å². The quantitative estimate of drug-likeness (QED) is 0.271. The molecular formula is C24H27N5O5S. The molecule has 2 aromatic rings. The van der Waals surface area contributed by atoms with Crippen molar-refractivity contribution in [3.05, 3.63) is 69.8 Å². The maximum atomic E-state index is 12.9. The minimum absolute atomic E-state index is 0.112. The van der Waals surface area contributed by atoms with E-state index in [1.54, 1.807) is 16.7 Å². The van der Waals surface area contributed by atoms with Gasteiger partial charge in [0.2, 0.25) is 5.91 Å². The Kier molecular flexibility index (Phi) is 9.74. The van der Waals surface area contributed by atoms with E-state index in [9.17, 15) is 19.7 Å². The Balaban J connectivity index is 1.51. The number of nitrogens with zero attached hydrogens (tertiary/aromatic N) is 3. The summed E-state index contributed by atoms with van der Waals surface area (Å²) < 4.78 is 5.29. The van der Waals surface area contributed by atoms with Crippen molar-refractivity contribution in [2.75, 3.05) is 30.0 Å². The van der Waals surface area contributed by atoms with Gasteiger partial charge < -0.3 is 20.3 Å². The van der Waals surface area contributed by atoms with Gasteiger partial charge in [0.1, 0.15) is 18.3 Å². The maximum absolute atomic E-state index is 12.9. The van der Waals surface area contributed by atoms with Gasteiger partial charge in [-0.25, -0.2) is 4.79 Å². The number of nitro benzene ring substituents is 1. The number of nitriles is 1. The molecule has 1 fully saturated rings. The SMILES string of the molecule is N#Cc1ccc(NCCCCC(NC(=O)OCc2ccccc2)C(=O)N2CCSC2)c([N+](=O)[O-])c1. The number of nitrogens with one attached hydrogen (secondary N) is 2. The zero-order chi connectivity index (χ0) is 25.0. The fourth-order valence-electron chi connectivity index (χ4n) is 3.57. The van der Waals surface area contributed by atoms with Gasteiger partial charge in [0, 0.05) is 24.9 Å². The average Bonchev–Trinajstić information content (AvgIpc) is 3.42. The molecule has 2 amide bonds. The number of benzene rings is 2. The standard InChI is InChI=1S/C24H27N5O5S/c25-15-19-9-10-20(22(14-19)29(32)33)26-11-5-4-8-21(23(30)28-12-13-35-17-28)27-24(31)34-16-18-6-2-1-3-7-18/h1-3,6-7,9-10,14,21,26H,4-5,8,11-13,16-17H2,(H,27,31). The first-order chi connectivity index (χ1) is 17.0. The number of unbranched alkanes of at least 4 members (excludes halogenated alkanes) is 1. The summed E-state index contributed by atoms with van der Waals surface area (Å²) in [4.78, 5) is 37.8. The molecule has 0 saturated carbocycles. The van der Waals surface area contributed by atoms with Crippen LogP contribution >= 0.6 is 11.8 Å². The minimum atomic E-state index is -0.707. The van der Waals surface area contributed by atoms with Crippen LogP contribution in [0.15, 0.2) is 48.5 Å². The van der Waals surface area contributed by atoms with Crippen molar-refractivity contribution in [1.82, 2.24) is 10.2 Å². The van der Waals surface area contributed by atoms with Crippen molar-refractivity contribution >= 4 is 35.1 Å². The van der Waals surface area contributed by atoms with E-state index in [0.717, 1.165) is 11.3 Å². The van der Waals surface area contributed by atoms with Gasteiger partial charge in [-0.1, -0.05) is 30.3 Å². The van der Waals surface area contributed by atoms with E-state index in [0.29, 0.717) is 43.9 Å². The van der Waals surface area contributed by atoms with E-state index in [-0.39, 0.29) is 23.8 Å². The predicted octanol–water partition coefficient (Wildman–Crippen LogP) is 3.88. The number of nitro groups is 1. The molecule has 0 bridgehead atoms. The van der Waals surface area contributed by atoms with Crippen molar-refractivity contribution in [3.63, 3.8) is 0 Å². The van der Waals surface area contributed by atoms with Crippen LogP contribution in [0.2, 0.25) is 0 Å². The second kappa shape index (κ2) is 13.2. The second-order valence-electron chi connectivity index (χ2n) is 7.92. The van der Waals surface area contributed by atoms with Gasteiger partial charge in [0.25, 0.3) is 5.69 Å². The minimum Gasteiger partial charge on any atom is -0.445 e. The summed E-state index contributed by atoms with van der Waals surface area (Å²) in [6.07, 6.45) is 0.993. The van der Waals surface area contributed by atoms with E-state index in [1.165, 1.54) is 18.2 Å². The molecule has 35 heavy (non-hydrogen) atoms. The highest BCUT2D eigenvalue weighted by Crippen LogP contribution is 2.25. The van der Waals surface area contributed by atoms with Crippen molar-refractivity contribution < 1.29 is 19.2 Å². The fourth-order valence-corrected chi connectivity index (χ4v) is 4.53. The molecule has 0 aliphatic carbocycles. The summed E-state index contributed by atoms with van der Waals surface area (Å²) in [5.74, 6) is 1.33. The molecule has 0 aromatic heterocycles. The van der Waals surface area contributed by atoms with Crippen LogP contribution in [0.5, 0.6) is 0 Å². The highest BCUT2D eigenvalue weighted by Gasteiger charge is 2.28. The van der Waals surface area contributed by atoms with Gasteiger partial charge in [-0.2, -0.15) is 5.26 Å². The monoisotopic (exact) mass is 497 g/mol. The van der Waals surface area contributed by atoms with Gasteiger partial charge in [-0.3, -0.25) is 14.9 Å². The van der Waals surface area contributed by atoms with Crippen LogP contribution < -0.4 is 10.6 Å². The molecule has 0 radical (unpaired) electrons. The molecule has 1 aliphatic rings. The zero-order valence-electron chi connectivity index (χ0n) is 19.1. The van der Waals surface area contributed by atoms with Crippen LogP contribution in [0.25, 0.3) is 0 Å². The summed E-state index contributed by atoms with van der Waals surface area (Å²) in [6.45, 7) is 1.19. The van der Waals surface area contributed by atoms with Gasteiger partial charge in [-0.05, 0) is 37.0 Å². The summed E-state index contributed by atoms with van der Waals surface area (Å²) in [6, 6.07) is 14.7. The topological polar surface area (TPSA) is 138 Å². The smallest absolute Gasteiger partial charge is 0.408 e. The van der Waals surface area contributed by atoms with E-state index < -0.39 is 17.1 Å².